The summed E-state index contributed by atoms with van der Waals surface area (Å²) in [5.41, 5.74) is 1.58. The molecule has 2 rings (SSSR count). The Morgan fingerprint density at radius 1 is 1.11 bits per heavy atom. The molecule has 0 aliphatic rings. The molecule has 0 radical (unpaired) electrons. The van der Waals surface area contributed by atoms with Crippen molar-refractivity contribution in [1.29, 1.82) is 0 Å². The third kappa shape index (κ3) is 3.82. The fourth-order valence-corrected chi connectivity index (χ4v) is 3.30. The zero-order chi connectivity index (χ0) is 13.5. The summed E-state index contributed by atoms with van der Waals surface area (Å²) in [6.07, 6.45) is 1.89. The molecule has 2 aromatic rings. The van der Waals surface area contributed by atoms with Crippen LogP contribution in [0.25, 0.3) is 0 Å². The number of carbonyl (C=O) groups excluding carboxylic acids is 1. The van der Waals surface area contributed by atoms with Crippen molar-refractivity contribution >= 4 is 31.0 Å². The topological polar surface area (TPSA) is 29.1 Å². The maximum atomic E-state index is 12.3. The number of anilines is 1. The van der Waals surface area contributed by atoms with Crippen LogP contribution < -0.4 is 9.78 Å². The zero-order valence-corrected chi connectivity index (χ0v) is 12.2. The average molecular weight is 316 g/mol. The molecule has 0 unspecified atom stereocenters. The number of benzene rings is 2. The molecule has 1 amide bonds. The van der Waals surface area contributed by atoms with Gasteiger partial charge in [-0.25, -0.2) is 0 Å². The summed E-state index contributed by atoms with van der Waals surface area (Å²) < 4.78 is 1.11. The Balaban J connectivity index is 2.16. The van der Waals surface area contributed by atoms with Crippen LogP contribution in [0, 0.1) is 0 Å². The van der Waals surface area contributed by atoms with E-state index in [1.54, 1.807) is 0 Å². The van der Waals surface area contributed by atoms with E-state index in [0.29, 0.717) is 0 Å². The predicted molar refractivity (Wildman–Crippen MR) is 81.2 cm³/mol. The van der Waals surface area contributed by atoms with Crippen molar-refractivity contribution < 1.29 is 4.79 Å². The number of allylic oxidation sites excluding steroid dienone is 1. The van der Waals surface area contributed by atoms with Gasteiger partial charge in [0.15, 0.2) is 0 Å². The van der Waals surface area contributed by atoms with E-state index in [1.807, 2.05) is 60.7 Å². The SMILES string of the molecule is C=CC[Se]c1ccccc1C(=O)Nc1ccccc1. The van der Waals surface area contributed by atoms with Crippen LogP contribution in [0.1, 0.15) is 10.4 Å². The van der Waals surface area contributed by atoms with Crippen LogP contribution >= 0.6 is 0 Å². The van der Waals surface area contributed by atoms with Gasteiger partial charge < -0.3 is 0 Å². The summed E-state index contributed by atoms with van der Waals surface area (Å²) in [7, 11) is 0. The first kappa shape index (κ1) is 13.6. The van der Waals surface area contributed by atoms with Crippen molar-refractivity contribution in [2.24, 2.45) is 0 Å². The Kier molecular flexibility index (Phi) is 4.96. The molecule has 0 saturated heterocycles. The quantitative estimate of drug-likeness (QED) is 0.667. The number of hydrogen-bond donors (Lipinski definition) is 1. The average Bonchev–Trinajstić information content (AvgIpc) is 2.46. The molecule has 19 heavy (non-hydrogen) atoms. The second kappa shape index (κ2) is 6.93. The molecule has 2 nitrogen and oxygen atoms in total. The zero-order valence-electron chi connectivity index (χ0n) is 10.5. The van der Waals surface area contributed by atoms with Crippen LogP contribution in [0.3, 0.4) is 0 Å². The molecule has 0 spiro atoms. The number of amides is 1. The third-order valence-electron chi connectivity index (χ3n) is 2.52. The maximum absolute atomic E-state index is 12.3. The standard InChI is InChI=1S/C16H15NOSe/c1-2-12-19-15-11-7-6-10-14(15)16(18)17-13-8-4-3-5-9-13/h2-11H,1,12H2,(H,17,18). The molecular formula is C16H15NOSe. The van der Waals surface area contributed by atoms with Gasteiger partial charge in [-0.05, 0) is 0 Å². The summed E-state index contributed by atoms with van der Waals surface area (Å²) >= 11 is 0.256. The summed E-state index contributed by atoms with van der Waals surface area (Å²) in [4.78, 5) is 12.3. The van der Waals surface area contributed by atoms with Gasteiger partial charge in [0.05, 0.1) is 0 Å². The molecule has 0 atom stereocenters. The monoisotopic (exact) mass is 317 g/mol. The fourth-order valence-electron chi connectivity index (χ4n) is 1.65. The molecule has 0 fully saturated rings. The Labute approximate surface area is 119 Å². The first-order chi connectivity index (χ1) is 9.31. The fraction of sp³-hybridized carbons (Fsp3) is 0.0625. The van der Waals surface area contributed by atoms with Gasteiger partial charge in [-0.3, -0.25) is 0 Å². The van der Waals surface area contributed by atoms with Gasteiger partial charge in [0.1, 0.15) is 0 Å². The van der Waals surface area contributed by atoms with Crippen LogP contribution in [0.4, 0.5) is 5.69 Å². The predicted octanol–water partition coefficient (Wildman–Crippen LogP) is 2.87. The van der Waals surface area contributed by atoms with Gasteiger partial charge in [0, 0.05) is 0 Å². The summed E-state index contributed by atoms with van der Waals surface area (Å²) in [6.45, 7) is 3.73. The Morgan fingerprint density at radius 2 is 1.79 bits per heavy atom. The molecule has 0 aliphatic heterocycles. The van der Waals surface area contributed by atoms with Crippen molar-refractivity contribution in [2.45, 2.75) is 5.32 Å². The molecule has 0 bridgehead atoms. The van der Waals surface area contributed by atoms with E-state index in [1.165, 1.54) is 0 Å². The molecule has 0 heterocycles. The Morgan fingerprint density at radius 3 is 2.53 bits per heavy atom. The van der Waals surface area contributed by atoms with Gasteiger partial charge in [-0.1, -0.05) is 0 Å². The van der Waals surface area contributed by atoms with Crippen molar-refractivity contribution in [2.75, 3.05) is 5.32 Å². The van der Waals surface area contributed by atoms with Crippen LogP contribution in [0.15, 0.2) is 67.3 Å². The molecule has 0 aromatic heterocycles. The number of nitrogens with one attached hydrogen (secondary N) is 1. The second-order valence-corrected chi connectivity index (χ2v) is 6.14. The van der Waals surface area contributed by atoms with E-state index >= 15 is 0 Å². The molecule has 0 saturated carbocycles. The molecule has 1 N–H and O–H groups in total. The molecule has 0 aliphatic carbocycles. The van der Waals surface area contributed by atoms with E-state index in [2.05, 4.69) is 11.9 Å². The number of carbonyl (C=O) groups is 1. The van der Waals surface area contributed by atoms with Crippen LogP contribution in [0.5, 0.6) is 0 Å². The first-order valence-electron chi connectivity index (χ1n) is 6.00. The minimum absolute atomic E-state index is 0.0484. The third-order valence-corrected chi connectivity index (χ3v) is 4.76. The van der Waals surface area contributed by atoms with Gasteiger partial charge >= 0.3 is 119 Å². The van der Waals surface area contributed by atoms with Gasteiger partial charge in [-0.15, -0.1) is 0 Å². The number of hydrogen-bond acceptors (Lipinski definition) is 1. The van der Waals surface area contributed by atoms with E-state index < -0.39 is 0 Å². The molecule has 3 heteroatoms. The van der Waals surface area contributed by atoms with Gasteiger partial charge in [0.2, 0.25) is 0 Å². The van der Waals surface area contributed by atoms with Crippen molar-refractivity contribution in [3.05, 3.63) is 72.8 Å². The minimum atomic E-state index is -0.0484. The van der Waals surface area contributed by atoms with Crippen LogP contribution in [-0.4, -0.2) is 20.9 Å². The Bertz CT molecular complexity index is 566. The molecular weight excluding hydrogens is 301 g/mol. The number of para-hydroxylation sites is 1. The van der Waals surface area contributed by atoms with Crippen LogP contribution in [0.2, 0.25) is 5.32 Å². The van der Waals surface area contributed by atoms with E-state index in [0.717, 1.165) is 21.0 Å². The van der Waals surface area contributed by atoms with Crippen molar-refractivity contribution in [1.82, 2.24) is 0 Å². The summed E-state index contributed by atoms with van der Waals surface area (Å²) in [6, 6.07) is 17.3. The summed E-state index contributed by atoms with van der Waals surface area (Å²) in [5, 5.41) is 3.85. The Hall–Kier alpha value is -1.83. The van der Waals surface area contributed by atoms with Gasteiger partial charge in [0.25, 0.3) is 0 Å². The van der Waals surface area contributed by atoms with Gasteiger partial charge in [-0.2, -0.15) is 0 Å². The first-order valence-corrected chi connectivity index (χ1v) is 8.07. The van der Waals surface area contributed by atoms with E-state index in [-0.39, 0.29) is 20.9 Å². The molecule has 2 aromatic carbocycles. The number of rotatable bonds is 5. The van der Waals surface area contributed by atoms with E-state index in [4.69, 9.17) is 0 Å². The summed E-state index contributed by atoms with van der Waals surface area (Å²) in [5.74, 6) is -0.0484. The van der Waals surface area contributed by atoms with Crippen molar-refractivity contribution in [3.8, 4) is 0 Å². The van der Waals surface area contributed by atoms with Crippen molar-refractivity contribution in [3.63, 3.8) is 0 Å². The van der Waals surface area contributed by atoms with E-state index in [9.17, 15) is 4.79 Å². The normalized spacial score (nSPS) is 9.89. The molecule has 96 valence electrons. The second-order valence-electron chi connectivity index (χ2n) is 3.92. The van der Waals surface area contributed by atoms with Crippen LogP contribution in [-0.2, 0) is 0 Å².